The molecular weight excluding hydrogens is 246 g/mol. The third-order valence-electron chi connectivity index (χ3n) is 3.12. The average molecular weight is 269 g/mol. The van der Waals surface area contributed by atoms with Crippen LogP contribution in [0.25, 0.3) is 0 Å². The SMILES string of the molecule is CC(C)OCCNc1ccccc1Cc1ccccc1. The molecule has 0 heterocycles. The molecule has 2 rings (SSSR count). The Hall–Kier alpha value is -1.80. The highest BCUT2D eigenvalue weighted by atomic mass is 16.5. The van der Waals surface area contributed by atoms with E-state index in [4.69, 9.17) is 4.74 Å². The van der Waals surface area contributed by atoms with Crippen LogP contribution in [0.5, 0.6) is 0 Å². The van der Waals surface area contributed by atoms with Gasteiger partial charge in [-0.2, -0.15) is 0 Å². The Morgan fingerprint density at radius 1 is 0.950 bits per heavy atom. The summed E-state index contributed by atoms with van der Waals surface area (Å²) in [5, 5.41) is 3.46. The smallest absolute Gasteiger partial charge is 0.0642 e. The van der Waals surface area contributed by atoms with Crippen LogP contribution < -0.4 is 5.32 Å². The van der Waals surface area contributed by atoms with Crippen molar-refractivity contribution < 1.29 is 4.74 Å². The molecule has 0 aromatic heterocycles. The quantitative estimate of drug-likeness (QED) is 0.764. The number of nitrogens with one attached hydrogen (secondary N) is 1. The molecular formula is C18H23NO. The number of para-hydroxylation sites is 1. The monoisotopic (exact) mass is 269 g/mol. The molecule has 0 aliphatic rings. The number of rotatable bonds is 7. The van der Waals surface area contributed by atoms with E-state index in [1.54, 1.807) is 0 Å². The minimum atomic E-state index is 0.288. The van der Waals surface area contributed by atoms with Gasteiger partial charge in [0.15, 0.2) is 0 Å². The minimum absolute atomic E-state index is 0.288. The van der Waals surface area contributed by atoms with Crippen molar-refractivity contribution in [3.8, 4) is 0 Å². The van der Waals surface area contributed by atoms with Gasteiger partial charge in [0.2, 0.25) is 0 Å². The second kappa shape index (κ2) is 7.71. The third-order valence-corrected chi connectivity index (χ3v) is 3.12. The van der Waals surface area contributed by atoms with Crippen LogP contribution in [0.1, 0.15) is 25.0 Å². The summed E-state index contributed by atoms with van der Waals surface area (Å²) in [6, 6.07) is 19.0. The molecule has 20 heavy (non-hydrogen) atoms. The summed E-state index contributed by atoms with van der Waals surface area (Å²) in [7, 11) is 0. The highest BCUT2D eigenvalue weighted by molar-refractivity contribution is 5.52. The standard InChI is InChI=1S/C18H23NO/c1-15(2)20-13-12-19-18-11-7-6-10-17(18)14-16-8-4-3-5-9-16/h3-11,15,19H,12-14H2,1-2H3. The average Bonchev–Trinajstić information content (AvgIpc) is 2.46. The first-order chi connectivity index (χ1) is 9.75. The lowest BCUT2D eigenvalue weighted by atomic mass is 10.0. The van der Waals surface area contributed by atoms with Crippen molar-refractivity contribution in [3.05, 3.63) is 65.7 Å². The predicted molar refractivity (Wildman–Crippen MR) is 85.3 cm³/mol. The zero-order valence-electron chi connectivity index (χ0n) is 12.3. The van der Waals surface area contributed by atoms with Crippen LogP contribution in [-0.4, -0.2) is 19.3 Å². The van der Waals surface area contributed by atoms with Crippen LogP contribution in [0, 0.1) is 0 Å². The fourth-order valence-electron chi connectivity index (χ4n) is 2.14. The number of anilines is 1. The summed E-state index contributed by atoms with van der Waals surface area (Å²) in [5.41, 5.74) is 3.85. The fourth-order valence-corrected chi connectivity index (χ4v) is 2.14. The van der Waals surface area contributed by atoms with E-state index in [1.807, 2.05) is 0 Å². The van der Waals surface area contributed by atoms with Gasteiger partial charge in [0, 0.05) is 12.2 Å². The Kier molecular flexibility index (Phi) is 5.63. The molecule has 0 radical (unpaired) electrons. The molecule has 0 unspecified atom stereocenters. The topological polar surface area (TPSA) is 21.3 Å². The van der Waals surface area contributed by atoms with Crippen molar-refractivity contribution in [2.75, 3.05) is 18.5 Å². The fraction of sp³-hybridized carbons (Fsp3) is 0.333. The largest absolute Gasteiger partial charge is 0.382 e. The van der Waals surface area contributed by atoms with Gasteiger partial charge in [0.05, 0.1) is 12.7 Å². The van der Waals surface area contributed by atoms with Crippen molar-refractivity contribution in [1.29, 1.82) is 0 Å². The molecule has 0 aliphatic carbocycles. The first-order valence-corrected chi connectivity index (χ1v) is 7.23. The highest BCUT2D eigenvalue weighted by Crippen LogP contribution is 2.18. The number of ether oxygens (including phenoxy) is 1. The Morgan fingerprint density at radius 3 is 2.40 bits per heavy atom. The van der Waals surface area contributed by atoms with Crippen molar-refractivity contribution in [1.82, 2.24) is 0 Å². The summed E-state index contributed by atoms with van der Waals surface area (Å²) in [6.45, 7) is 5.69. The van der Waals surface area contributed by atoms with Crippen LogP contribution in [0.3, 0.4) is 0 Å². The van der Waals surface area contributed by atoms with Crippen LogP contribution in [0.4, 0.5) is 5.69 Å². The first-order valence-electron chi connectivity index (χ1n) is 7.23. The van der Waals surface area contributed by atoms with Crippen molar-refractivity contribution in [2.24, 2.45) is 0 Å². The van der Waals surface area contributed by atoms with E-state index < -0.39 is 0 Å². The highest BCUT2D eigenvalue weighted by Gasteiger charge is 2.02. The second-order valence-electron chi connectivity index (χ2n) is 5.17. The molecule has 2 aromatic rings. The van der Waals surface area contributed by atoms with Gasteiger partial charge in [0.25, 0.3) is 0 Å². The lowest BCUT2D eigenvalue weighted by molar-refractivity contribution is 0.0870. The molecule has 2 heteroatoms. The van der Waals surface area contributed by atoms with E-state index in [1.165, 1.54) is 16.8 Å². The van der Waals surface area contributed by atoms with Gasteiger partial charge in [0.1, 0.15) is 0 Å². The summed E-state index contributed by atoms with van der Waals surface area (Å²) in [6.07, 6.45) is 1.24. The van der Waals surface area contributed by atoms with Crippen molar-refractivity contribution in [2.45, 2.75) is 26.4 Å². The summed E-state index contributed by atoms with van der Waals surface area (Å²) in [5.74, 6) is 0. The van der Waals surface area contributed by atoms with Crippen molar-refractivity contribution >= 4 is 5.69 Å². The second-order valence-corrected chi connectivity index (χ2v) is 5.17. The van der Waals surface area contributed by atoms with Crippen LogP contribution in [-0.2, 0) is 11.2 Å². The Labute approximate surface area is 121 Å². The maximum absolute atomic E-state index is 5.56. The van der Waals surface area contributed by atoms with Crippen LogP contribution in [0.2, 0.25) is 0 Å². The van der Waals surface area contributed by atoms with Gasteiger partial charge in [-0.3, -0.25) is 0 Å². The van der Waals surface area contributed by atoms with Gasteiger partial charge < -0.3 is 10.1 Å². The van der Waals surface area contributed by atoms with E-state index >= 15 is 0 Å². The molecule has 0 saturated heterocycles. The number of benzene rings is 2. The zero-order chi connectivity index (χ0) is 14.2. The van der Waals surface area contributed by atoms with Gasteiger partial charge >= 0.3 is 0 Å². The Morgan fingerprint density at radius 2 is 1.65 bits per heavy atom. The summed E-state index contributed by atoms with van der Waals surface area (Å²) in [4.78, 5) is 0. The minimum Gasteiger partial charge on any atom is -0.382 e. The number of hydrogen-bond acceptors (Lipinski definition) is 2. The molecule has 0 amide bonds. The van der Waals surface area contributed by atoms with E-state index in [9.17, 15) is 0 Å². The van der Waals surface area contributed by atoms with E-state index in [2.05, 4.69) is 73.8 Å². The maximum Gasteiger partial charge on any atom is 0.0642 e. The maximum atomic E-state index is 5.56. The van der Waals surface area contributed by atoms with Crippen LogP contribution in [0.15, 0.2) is 54.6 Å². The zero-order valence-corrected chi connectivity index (χ0v) is 12.3. The molecule has 0 fully saturated rings. The Bertz CT molecular complexity index is 508. The molecule has 0 spiro atoms. The van der Waals surface area contributed by atoms with E-state index in [0.717, 1.165) is 19.6 Å². The van der Waals surface area contributed by atoms with Gasteiger partial charge in [-0.1, -0.05) is 48.5 Å². The summed E-state index contributed by atoms with van der Waals surface area (Å²) >= 11 is 0. The van der Waals surface area contributed by atoms with Gasteiger partial charge in [-0.25, -0.2) is 0 Å². The van der Waals surface area contributed by atoms with Crippen molar-refractivity contribution in [3.63, 3.8) is 0 Å². The van der Waals surface area contributed by atoms with E-state index in [-0.39, 0.29) is 6.10 Å². The van der Waals surface area contributed by atoms with Gasteiger partial charge in [-0.05, 0) is 37.5 Å². The van der Waals surface area contributed by atoms with Crippen LogP contribution >= 0.6 is 0 Å². The molecule has 2 aromatic carbocycles. The summed E-state index contributed by atoms with van der Waals surface area (Å²) < 4.78 is 5.56. The van der Waals surface area contributed by atoms with E-state index in [0.29, 0.717) is 0 Å². The molecule has 0 atom stereocenters. The lowest BCUT2D eigenvalue weighted by Gasteiger charge is -2.13. The Balaban J connectivity index is 1.96. The molecule has 0 bridgehead atoms. The van der Waals surface area contributed by atoms with Gasteiger partial charge in [-0.15, -0.1) is 0 Å². The third kappa shape index (κ3) is 4.71. The molecule has 106 valence electrons. The molecule has 2 nitrogen and oxygen atoms in total. The number of hydrogen-bond donors (Lipinski definition) is 1. The normalized spacial score (nSPS) is 10.8. The lowest BCUT2D eigenvalue weighted by Crippen LogP contribution is -2.14. The molecule has 0 aliphatic heterocycles. The molecule has 1 N–H and O–H groups in total. The first kappa shape index (κ1) is 14.6. The molecule has 0 saturated carbocycles. The predicted octanol–water partition coefficient (Wildman–Crippen LogP) is 4.11.